The highest BCUT2D eigenvalue weighted by molar-refractivity contribution is 5.35. The minimum Gasteiger partial charge on any atom is -0.381 e. The van der Waals surface area contributed by atoms with Crippen molar-refractivity contribution in [2.45, 2.75) is 19.9 Å². The van der Waals surface area contributed by atoms with Gasteiger partial charge in [0.1, 0.15) is 5.82 Å². The minimum atomic E-state index is 0.657. The van der Waals surface area contributed by atoms with Gasteiger partial charge in [-0.1, -0.05) is 18.2 Å². The number of para-hydroxylation sites is 1. The molecule has 1 fully saturated rings. The number of hydrogen-bond donors (Lipinski definition) is 1. The van der Waals surface area contributed by atoms with E-state index >= 15 is 0 Å². The zero-order valence-electron chi connectivity index (χ0n) is 11.9. The van der Waals surface area contributed by atoms with Gasteiger partial charge in [-0.05, 0) is 31.4 Å². The largest absolute Gasteiger partial charge is 0.381 e. The van der Waals surface area contributed by atoms with E-state index in [2.05, 4.69) is 39.1 Å². The first kappa shape index (κ1) is 13.3. The zero-order chi connectivity index (χ0) is 13.8. The van der Waals surface area contributed by atoms with Crippen LogP contribution < -0.4 is 5.32 Å². The third-order valence-corrected chi connectivity index (χ3v) is 3.79. The molecule has 0 aliphatic carbocycles. The van der Waals surface area contributed by atoms with Crippen molar-refractivity contribution in [1.29, 1.82) is 0 Å². The van der Waals surface area contributed by atoms with Gasteiger partial charge in [-0.3, -0.25) is 4.57 Å². The molecule has 20 heavy (non-hydrogen) atoms. The normalized spacial score (nSPS) is 18.6. The van der Waals surface area contributed by atoms with Crippen LogP contribution in [0.25, 0.3) is 5.69 Å². The van der Waals surface area contributed by atoms with Crippen LogP contribution in [-0.2, 0) is 11.3 Å². The average molecular weight is 271 g/mol. The summed E-state index contributed by atoms with van der Waals surface area (Å²) in [6.45, 7) is 5.70. The van der Waals surface area contributed by atoms with Gasteiger partial charge in [-0.15, -0.1) is 0 Å². The second kappa shape index (κ2) is 6.20. The minimum absolute atomic E-state index is 0.657. The van der Waals surface area contributed by atoms with Crippen LogP contribution in [0.15, 0.2) is 36.5 Å². The van der Waals surface area contributed by atoms with E-state index in [0.29, 0.717) is 5.92 Å². The highest BCUT2D eigenvalue weighted by atomic mass is 16.5. The predicted octanol–water partition coefficient (Wildman–Crippen LogP) is 2.31. The highest BCUT2D eigenvalue weighted by Crippen LogP contribution is 2.15. The van der Waals surface area contributed by atoms with Gasteiger partial charge in [-0.25, -0.2) is 4.98 Å². The summed E-state index contributed by atoms with van der Waals surface area (Å²) >= 11 is 0. The fourth-order valence-corrected chi connectivity index (χ4v) is 2.69. The molecule has 2 aromatic rings. The van der Waals surface area contributed by atoms with E-state index in [0.717, 1.165) is 32.1 Å². The molecule has 0 bridgehead atoms. The molecule has 0 spiro atoms. The molecule has 1 aromatic carbocycles. The predicted molar refractivity (Wildman–Crippen MR) is 78.9 cm³/mol. The van der Waals surface area contributed by atoms with Crippen LogP contribution in [0.2, 0.25) is 0 Å². The van der Waals surface area contributed by atoms with E-state index < -0.39 is 0 Å². The Morgan fingerprint density at radius 2 is 2.20 bits per heavy atom. The molecular weight excluding hydrogens is 250 g/mol. The molecule has 1 aliphatic rings. The maximum Gasteiger partial charge on any atom is 0.110 e. The number of ether oxygens (including phenoxy) is 1. The fraction of sp³-hybridized carbons (Fsp3) is 0.438. The standard InChI is InChI=1S/C16H21N3O/c1-13-18-11-16(10-17-9-14-7-8-20-12-14)19(13)15-5-3-2-4-6-15/h2-6,11,14,17H,7-10,12H2,1H3. The molecule has 1 aromatic heterocycles. The fourth-order valence-electron chi connectivity index (χ4n) is 2.69. The Balaban J connectivity index is 1.67. The topological polar surface area (TPSA) is 39.1 Å². The van der Waals surface area contributed by atoms with Crippen molar-refractivity contribution >= 4 is 0 Å². The Bertz CT molecular complexity index is 544. The van der Waals surface area contributed by atoms with E-state index in [1.54, 1.807) is 0 Å². The van der Waals surface area contributed by atoms with Crippen molar-refractivity contribution in [2.75, 3.05) is 19.8 Å². The molecule has 4 heteroatoms. The van der Waals surface area contributed by atoms with Gasteiger partial charge in [0.2, 0.25) is 0 Å². The molecule has 106 valence electrons. The summed E-state index contributed by atoms with van der Waals surface area (Å²) in [6, 6.07) is 10.4. The first-order chi connectivity index (χ1) is 9.84. The molecule has 4 nitrogen and oxygen atoms in total. The maximum atomic E-state index is 5.40. The lowest BCUT2D eigenvalue weighted by Gasteiger charge is -2.12. The van der Waals surface area contributed by atoms with Crippen molar-refractivity contribution in [3.8, 4) is 5.69 Å². The molecule has 2 heterocycles. The van der Waals surface area contributed by atoms with Gasteiger partial charge in [0.05, 0.1) is 18.5 Å². The van der Waals surface area contributed by atoms with Gasteiger partial charge in [0, 0.05) is 25.4 Å². The second-order valence-electron chi connectivity index (χ2n) is 5.33. The first-order valence-corrected chi connectivity index (χ1v) is 7.21. The van der Waals surface area contributed by atoms with E-state index in [1.165, 1.54) is 17.8 Å². The highest BCUT2D eigenvalue weighted by Gasteiger charge is 2.15. The van der Waals surface area contributed by atoms with Crippen molar-refractivity contribution in [3.63, 3.8) is 0 Å². The number of aryl methyl sites for hydroxylation is 1. The van der Waals surface area contributed by atoms with E-state index in [4.69, 9.17) is 4.74 Å². The smallest absolute Gasteiger partial charge is 0.110 e. The Labute approximate surface area is 119 Å². The molecule has 0 radical (unpaired) electrons. The Hall–Kier alpha value is -1.65. The monoisotopic (exact) mass is 271 g/mol. The third kappa shape index (κ3) is 2.92. The van der Waals surface area contributed by atoms with Crippen LogP contribution in [0.4, 0.5) is 0 Å². The SMILES string of the molecule is Cc1ncc(CNCC2CCOC2)n1-c1ccccc1. The van der Waals surface area contributed by atoms with Crippen LogP contribution in [0, 0.1) is 12.8 Å². The number of hydrogen-bond acceptors (Lipinski definition) is 3. The summed E-state index contributed by atoms with van der Waals surface area (Å²) in [5.74, 6) is 1.68. The lowest BCUT2D eigenvalue weighted by Crippen LogP contribution is -2.23. The first-order valence-electron chi connectivity index (χ1n) is 7.21. The quantitative estimate of drug-likeness (QED) is 0.907. The molecular formula is C16H21N3O. The number of benzene rings is 1. The van der Waals surface area contributed by atoms with Gasteiger partial charge >= 0.3 is 0 Å². The van der Waals surface area contributed by atoms with Gasteiger partial charge < -0.3 is 10.1 Å². The van der Waals surface area contributed by atoms with Gasteiger partial charge in [0.15, 0.2) is 0 Å². The van der Waals surface area contributed by atoms with Crippen molar-refractivity contribution in [2.24, 2.45) is 5.92 Å². The molecule has 0 saturated carbocycles. The second-order valence-corrected chi connectivity index (χ2v) is 5.33. The summed E-state index contributed by atoms with van der Waals surface area (Å²) in [6.07, 6.45) is 3.13. The maximum absolute atomic E-state index is 5.40. The molecule has 1 unspecified atom stereocenters. The number of rotatable bonds is 5. The lowest BCUT2D eigenvalue weighted by molar-refractivity contribution is 0.185. The number of nitrogens with one attached hydrogen (secondary N) is 1. The van der Waals surface area contributed by atoms with Crippen LogP contribution in [0.5, 0.6) is 0 Å². The van der Waals surface area contributed by atoms with E-state index in [-0.39, 0.29) is 0 Å². The lowest BCUT2D eigenvalue weighted by atomic mass is 10.1. The van der Waals surface area contributed by atoms with Crippen LogP contribution >= 0.6 is 0 Å². The summed E-state index contributed by atoms with van der Waals surface area (Å²) < 4.78 is 7.61. The Morgan fingerprint density at radius 1 is 1.35 bits per heavy atom. The number of aromatic nitrogens is 2. The molecule has 1 atom stereocenters. The zero-order valence-corrected chi connectivity index (χ0v) is 11.9. The van der Waals surface area contributed by atoms with Gasteiger partial charge in [-0.2, -0.15) is 0 Å². The van der Waals surface area contributed by atoms with Crippen LogP contribution in [-0.4, -0.2) is 29.3 Å². The molecule has 0 amide bonds. The summed E-state index contributed by atoms with van der Waals surface area (Å²) in [7, 11) is 0. The van der Waals surface area contributed by atoms with E-state index in [1.807, 2.05) is 19.2 Å². The number of imidazole rings is 1. The van der Waals surface area contributed by atoms with E-state index in [9.17, 15) is 0 Å². The number of nitrogens with zero attached hydrogens (tertiary/aromatic N) is 2. The van der Waals surface area contributed by atoms with Crippen molar-refractivity contribution in [3.05, 3.63) is 48.0 Å². The summed E-state index contributed by atoms with van der Waals surface area (Å²) in [5, 5.41) is 3.53. The van der Waals surface area contributed by atoms with Crippen molar-refractivity contribution < 1.29 is 4.74 Å². The molecule has 1 N–H and O–H groups in total. The molecule has 3 rings (SSSR count). The Morgan fingerprint density at radius 3 is 2.95 bits per heavy atom. The third-order valence-electron chi connectivity index (χ3n) is 3.79. The average Bonchev–Trinajstić information content (AvgIpc) is 3.10. The Kier molecular flexibility index (Phi) is 4.14. The van der Waals surface area contributed by atoms with Crippen molar-refractivity contribution in [1.82, 2.24) is 14.9 Å². The molecule has 1 saturated heterocycles. The molecule has 1 aliphatic heterocycles. The van der Waals surface area contributed by atoms with Crippen LogP contribution in [0.1, 0.15) is 17.9 Å². The van der Waals surface area contributed by atoms with Gasteiger partial charge in [0.25, 0.3) is 0 Å². The summed E-state index contributed by atoms with van der Waals surface area (Å²) in [4.78, 5) is 4.44. The van der Waals surface area contributed by atoms with Crippen LogP contribution in [0.3, 0.4) is 0 Å². The summed E-state index contributed by atoms with van der Waals surface area (Å²) in [5.41, 5.74) is 2.37.